The zero-order valence-corrected chi connectivity index (χ0v) is 14.2. The number of carbonyl (C=O) groups is 1. The molecule has 1 saturated heterocycles. The summed E-state index contributed by atoms with van der Waals surface area (Å²) in [5, 5.41) is 11.0. The molecule has 0 bridgehead atoms. The standard InChI is InChI=1S/C14H14BrN3O3S/c1-3-4-21-13-10(15)5-9(6-11(13)20-2)7-16-18-14-17-12(19)8-22-14/h3,5-7H,1,4,8H2,2H3,(H,17,18,19). The van der Waals surface area contributed by atoms with Gasteiger partial charge in [0.2, 0.25) is 5.91 Å². The Morgan fingerprint density at radius 1 is 1.55 bits per heavy atom. The van der Waals surface area contributed by atoms with Gasteiger partial charge in [0, 0.05) is 0 Å². The minimum atomic E-state index is -0.0629. The molecule has 0 spiro atoms. The lowest BCUT2D eigenvalue weighted by Gasteiger charge is -2.12. The fraction of sp³-hybridized carbons (Fsp3) is 0.214. The number of rotatable bonds is 6. The number of carbonyl (C=O) groups excluding carboxylic acids is 1. The second-order valence-electron chi connectivity index (χ2n) is 4.12. The van der Waals surface area contributed by atoms with Crippen LogP contribution in [0, 0.1) is 0 Å². The molecule has 0 aliphatic carbocycles. The molecule has 1 amide bonds. The van der Waals surface area contributed by atoms with E-state index in [1.165, 1.54) is 11.8 Å². The van der Waals surface area contributed by atoms with Gasteiger partial charge in [-0.05, 0) is 33.6 Å². The summed E-state index contributed by atoms with van der Waals surface area (Å²) in [6.07, 6.45) is 3.23. The fourth-order valence-electron chi connectivity index (χ4n) is 1.62. The quantitative estimate of drug-likeness (QED) is 0.465. The number of amides is 1. The summed E-state index contributed by atoms with van der Waals surface area (Å²) in [7, 11) is 1.56. The highest BCUT2D eigenvalue weighted by Crippen LogP contribution is 2.36. The van der Waals surface area contributed by atoms with E-state index in [0.717, 1.165) is 10.0 Å². The first kappa shape index (κ1) is 16.6. The van der Waals surface area contributed by atoms with Crippen molar-refractivity contribution in [2.45, 2.75) is 0 Å². The first-order valence-corrected chi connectivity index (χ1v) is 8.06. The molecular weight excluding hydrogens is 370 g/mol. The number of hydrogen-bond donors (Lipinski definition) is 1. The average molecular weight is 384 g/mol. The highest BCUT2D eigenvalue weighted by Gasteiger charge is 2.16. The Hall–Kier alpha value is -1.80. The molecule has 1 heterocycles. The van der Waals surface area contributed by atoms with Gasteiger partial charge in [-0.2, -0.15) is 5.10 Å². The summed E-state index contributed by atoms with van der Waals surface area (Å²) in [5.74, 6) is 1.49. The molecule has 0 atom stereocenters. The lowest BCUT2D eigenvalue weighted by molar-refractivity contribution is -0.116. The lowest BCUT2D eigenvalue weighted by atomic mass is 10.2. The van der Waals surface area contributed by atoms with E-state index in [1.54, 1.807) is 25.5 Å². The van der Waals surface area contributed by atoms with Gasteiger partial charge in [0.1, 0.15) is 6.61 Å². The number of amidine groups is 1. The summed E-state index contributed by atoms with van der Waals surface area (Å²) in [6, 6.07) is 3.62. The van der Waals surface area contributed by atoms with Gasteiger partial charge in [-0.15, -0.1) is 5.10 Å². The molecule has 8 heteroatoms. The highest BCUT2D eigenvalue weighted by atomic mass is 79.9. The zero-order valence-electron chi connectivity index (χ0n) is 11.8. The van der Waals surface area contributed by atoms with Gasteiger partial charge in [0.05, 0.1) is 23.5 Å². The summed E-state index contributed by atoms with van der Waals surface area (Å²) in [4.78, 5) is 11.0. The first-order valence-electron chi connectivity index (χ1n) is 6.29. The van der Waals surface area contributed by atoms with E-state index in [2.05, 4.69) is 38.0 Å². The molecule has 1 aliphatic rings. The van der Waals surface area contributed by atoms with Crippen molar-refractivity contribution < 1.29 is 14.3 Å². The Morgan fingerprint density at radius 2 is 2.36 bits per heavy atom. The van der Waals surface area contributed by atoms with Gasteiger partial charge in [-0.25, -0.2) is 0 Å². The van der Waals surface area contributed by atoms with Crippen LogP contribution in [0.2, 0.25) is 0 Å². The summed E-state index contributed by atoms with van der Waals surface area (Å²) in [5.41, 5.74) is 0.786. The number of thioether (sulfide) groups is 1. The number of methoxy groups -OCH3 is 1. The van der Waals surface area contributed by atoms with Gasteiger partial charge >= 0.3 is 0 Å². The maximum Gasteiger partial charge on any atom is 0.236 e. The van der Waals surface area contributed by atoms with Crippen LogP contribution in [-0.4, -0.2) is 36.8 Å². The number of nitrogens with one attached hydrogen (secondary N) is 1. The first-order chi connectivity index (χ1) is 10.6. The lowest BCUT2D eigenvalue weighted by Crippen LogP contribution is -2.19. The van der Waals surface area contributed by atoms with Crippen molar-refractivity contribution in [3.05, 3.63) is 34.8 Å². The number of benzene rings is 1. The van der Waals surface area contributed by atoms with E-state index < -0.39 is 0 Å². The maximum atomic E-state index is 11.0. The molecule has 1 aromatic carbocycles. The van der Waals surface area contributed by atoms with Gasteiger partial charge in [0.15, 0.2) is 16.7 Å². The number of halogens is 1. The molecule has 0 radical (unpaired) electrons. The summed E-state index contributed by atoms with van der Waals surface area (Å²) >= 11 is 4.76. The molecule has 22 heavy (non-hydrogen) atoms. The zero-order chi connectivity index (χ0) is 15.9. The van der Waals surface area contributed by atoms with Crippen LogP contribution in [0.1, 0.15) is 5.56 Å². The summed E-state index contributed by atoms with van der Waals surface area (Å²) in [6.45, 7) is 4.00. The normalized spacial score (nSPS) is 16.1. The topological polar surface area (TPSA) is 72.3 Å². The van der Waals surface area contributed by atoms with Crippen molar-refractivity contribution in [3.63, 3.8) is 0 Å². The van der Waals surface area contributed by atoms with E-state index in [1.807, 2.05) is 6.07 Å². The van der Waals surface area contributed by atoms with Crippen molar-refractivity contribution in [3.8, 4) is 11.5 Å². The van der Waals surface area contributed by atoms with Crippen LogP contribution in [0.15, 0.2) is 39.5 Å². The molecule has 6 nitrogen and oxygen atoms in total. The molecule has 1 fully saturated rings. The van der Waals surface area contributed by atoms with Crippen LogP contribution in [0.4, 0.5) is 0 Å². The van der Waals surface area contributed by atoms with Crippen LogP contribution in [-0.2, 0) is 4.79 Å². The third-order valence-corrected chi connectivity index (χ3v) is 3.99. The molecule has 1 aromatic rings. The largest absolute Gasteiger partial charge is 0.493 e. The van der Waals surface area contributed by atoms with Crippen molar-refractivity contribution in [1.29, 1.82) is 0 Å². The third kappa shape index (κ3) is 4.35. The predicted octanol–water partition coefficient (Wildman–Crippen LogP) is 2.58. The smallest absolute Gasteiger partial charge is 0.236 e. The Kier molecular flexibility index (Phi) is 6.02. The van der Waals surface area contributed by atoms with Gasteiger partial charge in [0.25, 0.3) is 0 Å². The number of ether oxygens (including phenoxy) is 2. The highest BCUT2D eigenvalue weighted by molar-refractivity contribution is 9.10. The Morgan fingerprint density at radius 3 is 3.00 bits per heavy atom. The molecule has 1 aliphatic heterocycles. The van der Waals surface area contributed by atoms with Crippen LogP contribution >= 0.6 is 27.7 Å². The van der Waals surface area contributed by atoms with Crippen molar-refractivity contribution in [1.82, 2.24) is 5.32 Å². The molecule has 0 saturated carbocycles. The molecule has 0 aromatic heterocycles. The van der Waals surface area contributed by atoms with E-state index in [9.17, 15) is 4.79 Å². The average Bonchev–Trinajstić information content (AvgIpc) is 2.91. The minimum absolute atomic E-state index is 0.0629. The second kappa shape index (κ2) is 8.00. The molecule has 1 N–H and O–H groups in total. The van der Waals surface area contributed by atoms with Crippen molar-refractivity contribution >= 4 is 45.0 Å². The van der Waals surface area contributed by atoms with E-state index in [4.69, 9.17) is 9.47 Å². The SMILES string of the molecule is C=CCOc1c(Br)cc(C=NN=C2NC(=O)CS2)cc1OC. The van der Waals surface area contributed by atoms with E-state index >= 15 is 0 Å². The number of hydrogen-bond acceptors (Lipinski definition) is 6. The van der Waals surface area contributed by atoms with Gasteiger partial charge in [-0.1, -0.05) is 24.4 Å². The molecule has 0 unspecified atom stereocenters. The van der Waals surface area contributed by atoms with Crippen LogP contribution in [0.25, 0.3) is 0 Å². The van der Waals surface area contributed by atoms with E-state index in [0.29, 0.717) is 29.0 Å². The minimum Gasteiger partial charge on any atom is -0.493 e. The molecular formula is C14H14BrN3O3S. The Balaban J connectivity index is 2.16. The predicted molar refractivity (Wildman–Crippen MR) is 92.0 cm³/mol. The maximum absolute atomic E-state index is 11.0. The fourth-order valence-corrected chi connectivity index (χ4v) is 2.83. The van der Waals surface area contributed by atoms with Gasteiger partial charge in [-0.3, -0.25) is 4.79 Å². The van der Waals surface area contributed by atoms with E-state index in [-0.39, 0.29) is 5.91 Å². The second-order valence-corrected chi connectivity index (χ2v) is 5.94. The van der Waals surface area contributed by atoms with Crippen molar-refractivity contribution in [2.75, 3.05) is 19.5 Å². The van der Waals surface area contributed by atoms with Crippen LogP contribution < -0.4 is 14.8 Å². The van der Waals surface area contributed by atoms with Gasteiger partial charge < -0.3 is 14.8 Å². The monoisotopic (exact) mass is 383 g/mol. The molecule has 116 valence electrons. The Bertz CT molecular complexity index is 646. The third-order valence-electron chi connectivity index (χ3n) is 2.54. The van der Waals surface area contributed by atoms with Crippen LogP contribution in [0.5, 0.6) is 11.5 Å². The summed E-state index contributed by atoms with van der Waals surface area (Å²) < 4.78 is 11.6. The van der Waals surface area contributed by atoms with Crippen molar-refractivity contribution in [2.24, 2.45) is 10.2 Å². The Labute approximate surface area is 140 Å². The van der Waals surface area contributed by atoms with Crippen LogP contribution in [0.3, 0.4) is 0 Å². The number of nitrogens with zero attached hydrogens (tertiary/aromatic N) is 2. The molecule has 2 rings (SSSR count).